The van der Waals surface area contributed by atoms with Crippen LogP contribution in [0.1, 0.15) is 43.6 Å². The average molecular weight is 498 g/mol. The van der Waals surface area contributed by atoms with Crippen molar-refractivity contribution in [1.29, 1.82) is 0 Å². The molecular weight excluding hydrogens is 467 g/mol. The molecule has 0 unspecified atom stereocenters. The number of nitrogens with zero attached hydrogens (tertiary/aromatic N) is 2. The van der Waals surface area contributed by atoms with Gasteiger partial charge in [0.1, 0.15) is 5.75 Å². The first-order chi connectivity index (χ1) is 17.5. The van der Waals surface area contributed by atoms with Crippen LogP contribution in [0.3, 0.4) is 0 Å². The number of rotatable bonds is 5. The number of aromatic nitrogens is 2. The van der Waals surface area contributed by atoms with E-state index in [-0.39, 0.29) is 5.97 Å². The first-order valence-corrected chi connectivity index (χ1v) is 12.3. The number of fused-ring (bicyclic) bond motifs is 1. The van der Waals surface area contributed by atoms with Gasteiger partial charge < -0.3 is 18.8 Å². The Bertz CT molecular complexity index is 1470. The highest BCUT2D eigenvalue weighted by Gasteiger charge is 2.53. The predicted octanol–water partition coefficient (Wildman–Crippen LogP) is 5.07. The van der Waals surface area contributed by atoms with Crippen LogP contribution in [0.15, 0.2) is 60.8 Å². The molecule has 5 rings (SSSR count). The van der Waals surface area contributed by atoms with Crippen molar-refractivity contribution in [2.24, 2.45) is 0 Å². The number of benzene rings is 2. The number of pyridine rings is 1. The van der Waals surface area contributed by atoms with Crippen molar-refractivity contribution < 1.29 is 23.6 Å². The standard InChI is InChI=1S/C29H31BN2O5/c1-18-8-9-21(27(33)35-7)16-23(18)20-14-15-32-24(17-20)25(30-36-28(2,3)29(4,5)37-30)26(31-32)19-10-12-22(34-6)13-11-19/h8-17H,1-7H3. The Morgan fingerprint density at radius 3 is 2.22 bits per heavy atom. The Balaban J connectivity index is 1.71. The Morgan fingerprint density at radius 2 is 1.59 bits per heavy atom. The average Bonchev–Trinajstić information content (AvgIpc) is 3.36. The second-order valence-corrected chi connectivity index (χ2v) is 10.3. The van der Waals surface area contributed by atoms with Crippen molar-refractivity contribution in [2.45, 2.75) is 45.8 Å². The molecule has 0 N–H and O–H groups in total. The Labute approximate surface area is 217 Å². The van der Waals surface area contributed by atoms with Gasteiger partial charge in [0.05, 0.1) is 42.2 Å². The van der Waals surface area contributed by atoms with Gasteiger partial charge in [-0.3, -0.25) is 0 Å². The highest BCUT2D eigenvalue weighted by Crippen LogP contribution is 2.38. The van der Waals surface area contributed by atoms with E-state index < -0.39 is 18.3 Å². The lowest BCUT2D eigenvalue weighted by molar-refractivity contribution is 0.00578. The minimum Gasteiger partial charge on any atom is -0.497 e. The van der Waals surface area contributed by atoms with E-state index in [0.717, 1.165) is 44.7 Å². The second kappa shape index (κ2) is 9.05. The molecule has 0 aliphatic carbocycles. The van der Waals surface area contributed by atoms with Gasteiger partial charge in [0.25, 0.3) is 0 Å². The van der Waals surface area contributed by atoms with E-state index in [2.05, 4.69) is 6.07 Å². The van der Waals surface area contributed by atoms with Crippen molar-refractivity contribution in [1.82, 2.24) is 9.61 Å². The number of esters is 1. The summed E-state index contributed by atoms with van der Waals surface area (Å²) < 4.78 is 25.1. The number of carbonyl (C=O) groups excluding carboxylic acids is 1. The van der Waals surface area contributed by atoms with Crippen LogP contribution in [-0.2, 0) is 14.0 Å². The lowest BCUT2D eigenvalue weighted by Crippen LogP contribution is -2.41. The summed E-state index contributed by atoms with van der Waals surface area (Å²) in [5.74, 6) is 0.402. The van der Waals surface area contributed by atoms with Crippen LogP contribution >= 0.6 is 0 Å². The van der Waals surface area contributed by atoms with Gasteiger partial charge in [-0.15, -0.1) is 0 Å². The summed E-state index contributed by atoms with van der Waals surface area (Å²) in [6, 6.07) is 17.4. The zero-order chi connectivity index (χ0) is 26.5. The van der Waals surface area contributed by atoms with Gasteiger partial charge in [0, 0.05) is 17.2 Å². The molecule has 0 spiro atoms. The Kier molecular flexibility index (Phi) is 6.12. The summed E-state index contributed by atoms with van der Waals surface area (Å²) in [6.45, 7) is 10.2. The molecule has 3 heterocycles. The van der Waals surface area contributed by atoms with Gasteiger partial charge >= 0.3 is 13.1 Å². The maximum atomic E-state index is 12.2. The normalized spacial score (nSPS) is 16.2. The van der Waals surface area contributed by atoms with Gasteiger partial charge in [-0.25, -0.2) is 9.31 Å². The molecule has 1 fully saturated rings. The zero-order valence-electron chi connectivity index (χ0n) is 22.3. The molecular formula is C29H31BN2O5. The maximum Gasteiger partial charge on any atom is 0.499 e. The molecule has 7 nitrogen and oxygen atoms in total. The van der Waals surface area contributed by atoms with E-state index in [1.165, 1.54) is 7.11 Å². The van der Waals surface area contributed by atoms with E-state index in [1.807, 2.05) is 87.8 Å². The van der Waals surface area contributed by atoms with E-state index in [0.29, 0.717) is 5.56 Å². The van der Waals surface area contributed by atoms with Crippen molar-refractivity contribution >= 4 is 24.1 Å². The van der Waals surface area contributed by atoms with Gasteiger partial charge in [-0.1, -0.05) is 6.07 Å². The highest BCUT2D eigenvalue weighted by molar-refractivity contribution is 6.66. The third-order valence-electron chi connectivity index (χ3n) is 7.50. The maximum absolute atomic E-state index is 12.2. The molecule has 1 saturated heterocycles. The van der Waals surface area contributed by atoms with Crippen LogP contribution in [0, 0.1) is 6.92 Å². The number of carbonyl (C=O) groups is 1. The summed E-state index contributed by atoms with van der Waals surface area (Å²) in [5, 5.41) is 4.94. The smallest absolute Gasteiger partial charge is 0.497 e. The van der Waals surface area contributed by atoms with E-state index in [4.69, 9.17) is 23.9 Å². The topological polar surface area (TPSA) is 71.3 Å². The lowest BCUT2D eigenvalue weighted by atomic mass is 9.76. The highest BCUT2D eigenvalue weighted by atomic mass is 16.7. The molecule has 2 aromatic carbocycles. The number of ether oxygens (including phenoxy) is 2. The third-order valence-corrected chi connectivity index (χ3v) is 7.50. The number of hydrogen-bond acceptors (Lipinski definition) is 6. The van der Waals surface area contributed by atoms with Crippen molar-refractivity contribution in [3.8, 4) is 28.1 Å². The SMILES string of the molecule is COC(=O)c1ccc(C)c(-c2ccn3nc(-c4ccc(OC)cc4)c(B4OC(C)(C)C(C)(C)O4)c3c2)c1. The summed E-state index contributed by atoms with van der Waals surface area (Å²) in [5.41, 5.74) is 5.85. The summed E-state index contributed by atoms with van der Waals surface area (Å²) in [4.78, 5) is 12.2. The first kappa shape index (κ1) is 25.1. The first-order valence-electron chi connectivity index (χ1n) is 12.3. The lowest BCUT2D eigenvalue weighted by Gasteiger charge is -2.32. The van der Waals surface area contributed by atoms with Crippen LogP contribution < -0.4 is 10.2 Å². The van der Waals surface area contributed by atoms with Crippen molar-refractivity contribution in [3.05, 3.63) is 71.9 Å². The second-order valence-electron chi connectivity index (χ2n) is 10.3. The van der Waals surface area contributed by atoms with Crippen LogP contribution in [0.2, 0.25) is 0 Å². The summed E-state index contributed by atoms with van der Waals surface area (Å²) in [6.07, 6.45) is 1.93. The molecule has 0 bridgehead atoms. The third kappa shape index (κ3) is 4.30. The Hall–Kier alpha value is -3.62. The fourth-order valence-electron chi connectivity index (χ4n) is 4.56. The molecule has 8 heteroatoms. The van der Waals surface area contributed by atoms with Gasteiger partial charge in [0.2, 0.25) is 0 Å². The summed E-state index contributed by atoms with van der Waals surface area (Å²) >= 11 is 0. The molecule has 190 valence electrons. The largest absolute Gasteiger partial charge is 0.499 e. The molecule has 37 heavy (non-hydrogen) atoms. The molecule has 0 radical (unpaired) electrons. The van der Waals surface area contributed by atoms with Crippen molar-refractivity contribution in [3.63, 3.8) is 0 Å². The van der Waals surface area contributed by atoms with E-state index in [9.17, 15) is 4.79 Å². The molecule has 0 amide bonds. The fraction of sp³-hybridized carbons (Fsp3) is 0.310. The van der Waals surface area contributed by atoms with Crippen LogP contribution in [0.25, 0.3) is 27.9 Å². The minimum atomic E-state index is -0.614. The molecule has 0 atom stereocenters. The Morgan fingerprint density at radius 1 is 0.919 bits per heavy atom. The number of aryl methyl sites for hydroxylation is 1. The molecule has 4 aromatic rings. The number of methoxy groups -OCH3 is 2. The zero-order valence-corrected chi connectivity index (χ0v) is 22.3. The van der Waals surface area contributed by atoms with Gasteiger partial charge in [-0.05, 0) is 99.8 Å². The summed E-state index contributed by atoms with van der Waals surface area (Å²) in [7, 11) is 2.42. The monoisotopic (exact) mass is 498 g/mol. The molecule has 1 aliphatic heterocycles. The quantitative estimate of drug-likeness (QED) is 0.283. The van der Waals surface area contributed by atoms with Crippen molar-refractivity contribution in [2.75, 3.05) is 14.2 Å². The molecule has 0 saturated carbocycles. The number of hydrogen-bond donors (Lipinski definition) is 0. The molecule has 2 aromatic heterocycles. The van der Waals surface area contributed by atoms with Crippen LogP contribution in [0.4, 0.5) is 0 Å². The van der Waals surface area contributed by atoms with E-state index >= 15 is 0 Å². The van der Waals surface area contributed by atoms with Gasteiger partial charge in [-0.2, -0.15) is 5.10 Å². The van der Waals surface area contributed by atoms with E-state index in [1.54, 1.807) is 13.2 Å². The molecule has 1 aliphatic rings. The van der Waals surface area contributed by atoms with Crippen LogP contribution in [-0.4, -0.2) is 48.1 Å². The van der Waals surface area contributed by atoms with Crippen LogP contribution in [0.5, 0.6) is 5.75 Å². The fourth-order valence-corrected chi connectivity index (χ4v) is 4.56. The minimum absolute atomic E-state index is 0.369. The van der Waals surface area contributed by atoms with Gasteiger partial charge in [0.15, 0.2) is 0 Å². The predicted molar refractivity (Wildman–Crippen MR) is 144 cm³/mol.